The van der Waals surface area contributed by atoms with E-state index in [0.717, 1.165) is 10.0 Å². The summed E-state index contributed by atoms with van der Waals surface area (Å²) in [7, 11) is 1.48. The van der Waals surface area contributed by atoms with Gasteiger partial charge in [-0.05, 0) is 49.2 Å². The Morgan fingerprint density at radius 1 is 1.00 bits per heavy atom. The maximum atomic E-state index is 13.5. The minimum atomic E-state index is -0.640. The number of imide groups is 1. The molecular formula is C24H21Br2ClN2O5. The Bertz CT molecular complexity index is 1110. The highest BCUT2D eigenvalue weighted by Gasteiger charge is 2.54. The summed E-state index contributed by atoms with van der Waals surface area (Å²) in [4.78, 5) is 53.5. The van der Waals surface area contributed by atoms with Crippen LogP contribution in [0.5, 0.6) is 5.75 Å². The van der Waals surface area contributed by atoms with Gasteiger partial charge in [0, 0.05) is 25.8 Å². The lowest BCUT2D eigenvalue weighted by Gasteiger charge is -2.30. The second-order valence-corrected chi connectivity index (χ2v) is 11.0. The Morgan fingerprint density at radius 2 is 1.59 bits per heavy atom. The van der Waals surface area contributed by atoms with E-state index in [9.17, 15) is 19.2 Å². The number of rotatable bonds is 6. The van der Waals surface area contributed by atoms with Crippen molar-refractivity contribution in [3.05, 3.63) is 64.7 Å². The predicted molar refractivity (Wildman–Crippen MR) is 133 cm³/mol. The average molecular weight is 613 g/mol. The second-order valence-electron chi connectivity index (χ2n) is 8.23. The number of ketones is 1. The number of amides is 3. The highest BCUT2D eigenvalue weighted by molar-refractivity contribution is 9.12. The molecule has 2 fully saturated rings. The normalized spacial score (nSPS) is 24.1. The van der Waals surface area contributed by atoms with Crippen LogP contribution in [0.15, 0.2) is 48.5 Å². The third-order valence-electron chi connectivity index (χ3n) is 6.14. The molecule has 2 aromatic rings. The lowest BCUT2D eigenvalue weighted by molar-refractivity contribution is -0.154. The van der Waals surface area contributed by atoms with Crippen LogP contribution in [-0.2, 0) is 9.59 Å². The van der Waals surface area contributed by atoms with Crippen LogP contribution in [-0.4, -0.2) is 56.8 Å². The largest absolute Gasteiger partial charge is 0.497 e. The molecular weight excluding hydrogens is 592 g/mol. The number of carbonyl (C=O) groups is 4. The van der Waals surface area contributed by atoms with Crippen molar-refractivity contribution >= 4 is 67.0 Å². The van der Waals surface area contributed by atoms with E-state index in [2.05, 4.69) is 31.9 Å². The Kier molecular flexibility index (Phi) is 7.45. The zero-order valence-electron chi connectivity index (χ0n) is 18.1. The minimum Gasteiger partial charge on any atom is -0.497 e. The first-order valence-electron chi connectivity index (χ1n) is 10.6. The van der Waals surface area contributed by atoms with Crippen LogP contribution >= 0.6 is 43.5 Å². The van der Waals surface area contributed by atoms with Gasteiger partial charge in [-0.15, -0.1) is 0 Å². The highest BCUT2D eigenvalue weighted by atomic mass is 79.9. The fourth-order valence-electron chi connectivity index (χ4n) is 4.31. The molecule has 2 aliphatic rings. The summed E-state index contributed by atoms with van der Waals surface area (Å²) in [5, 5.41) is 2.26. The molecule has 1 aliphatic heterocycles. The number of benzene rings is 2. The Hall–Kier alpha value is -2.23. The number of Topliss-reactive ketones (excluding diaryl/α,β-unsaturated/α-hetero) is 1. The van der Waals surface area contributed by atoms with Crippen LogP contribution in [0.3, 0.4) is 0 Å². The maximum absolute atomic E-state index is 13.5. The quantitative estimate of drug-likeness (QED) is 0.273. The molecule has 1 saturated carbocycles. The van der Waals surface area contributed by atoms with Crippen LogP contribution < -0.4 is 4.74 Å². The molecule has 0 N–H and O–H groups in total. The smallest absolute Gasteiger partial charge is 0.273 e. The summed E-state index contributed by atoms with van der Waals surface area (Å²) < 4.78 is 5.18. The van der Waals surface area contributed by atoms with Crippen LogP contribution in [0, 0.1) is 11.8 Å². The van der Waals surface area contributed by atoms with Crippen molar-refractivity contribution in [1.82, 2.24) is 10.0 Å². The number of alkyl halides is 2. The maximum Gasteiger partial charge on any atom is 0.273 e. The number of methoxy groups -OCH3 is 1. The van der Waals surface area contributed by atoms with Gasteiger partial charge in [-0.3, -0.25) is 19.2 Å². The van der Waals surface area contributed by atoms with E-state index >= 15 is 0 Å². The van der Waals surface area contributed by atoms with Gasteiger partial charge in [-0.2, -0.15) is 5.01 Å². The van der Waals surface area contributed by atoms with Gasteiger partial charge in [0.05, 0.1) is 18.9 Å². The van der Waals surface area contributed by atoms with Gasteiger partial charge in [-0.25, -0.2) is 5.01 Å². The molecule has 0 spiro atoms. The van der Waals surface area contributed by atoms with E-state index in [1.807, 2.05) is 0 Å². The van der Waals surface area contributed by atoms with Crippen molar-refractivity contribution in [2.45, 2.75) is 22.5 Å². The predicted octanol–water partition coefficient (Wildman–Crippen LogP) is 4.51. The Labute approximate surface area is 218 Å². The van der Waals surface area contributed by atoms with E-state index < -0.39 is 41.9 Å². The third kappa shape index (κ3) is 4.78. The van der Waals surface area contributed by atoms with E-state index in [0.29, 0.717) is 29.2 Å². The molecule has 4 rings (SSSR count). The van der Waals surface area contributed by atoms with E-state index in [1.165, 1.54) is 31.4 Å². The number of hydrazine groups is 1. The average Bonchev–Trinajstić information content (AvgIpc) is 3.06. The molecule has 7 nitrogen and oxygen atoms in total. The third-order valence-corrected chi connectivity index (χ3v) is 9.13. The van der Waals surface area contributed by atoms with Crippen LogP contribution in [0.2, 0.25) is 5.02 Å². The summed E-state index contributed by atoms with van der Waals surface area (Å²) >= 11 is 13.1. The summed E-state index contributed by atoms with van der Waals surface area (Å²) in [5.74, 6) is -2.66. The fourth-order valence-corrected chi connectivity index (χ4v) is 5.68. The number of hydrogen-bond acceptors (Lipinski definition) is 5. The number of halogens is 3. The van der Waals surface area contributed by atoms with E-state index in [1.54, 1.807) is 24.3 Å². The molecule has 10 heteroatoms. The van der Waals surface area contributed by atoms with Gasteiger partial charge in [-0.1, -0.05) is 55.6 Å². The van der Waals surface area contributed by atoms with Crippen LogP contribution in [0.25, 0.3) is 0 Å². The Balaban J connectivity index is 1.69. The lowest BCUT2D eigenvalue weighted by atomic mass is 9.81. The molecule has 1 aliphatic carbocycles. The number of ether oxygens (including phenoxy) is 1. The van der Waals surface area contributed by atoms with Crippen LogP contribution in [0.1, 0.15) is 33.6 Å². The van der Waals surface area contributed by atoms with Crippen molar-refractivity contribution < 1.29 is 23.9 Å². The van der Waals surface area contributed by atoms with Crippen LogP contribution in [0.4, 0.5) is 0 Å². The van der Waals surface area contributed by atoms with Gasteiger partial charge in [0.15, 0.2) is 5.78 Å². The highest BCUT2D eigenvalue weighted by Crippen LogP contribution is 2.43. The lowest BCUT2D eigenvalue weighted by Crippen LogP contribution is -2.52. The van der Waals surface area contributed by atoms with Crippen molar-refractivity contribution in [3.63, 3.8) is 0 Å². The monoisotopic (exact) mass is 610 g/mol. The standard InChI is InChI=1S/C24H21Br2ClN2O5/c1-34-16-4-2-3-14(9-16)21(30)12-28(22(31)13-5-7-15(27)8-6-13)29-23(32)17-10-19(25)20(26)11-18(17)24(29)33/h2-9,17-20H,10-12H2,1H3/t17-,18-,19-,20+/m1/s1. The van der Waals surface area contributed by atoms with Crippen molar-refractivity contribution in [2.24, 2.45) is 11.8 Å². The first kappa shape index (κ1) is 24.9. The van der Waals surface area contributed by atoms with E-state index in [-0.39, 0.29) is 15.2 Å². The zero-order chi connectivity index (χ0) is 24.6. The SMILES string of the molecule is COc1cccc(C(=O)CN(C(=O)c2ccc(Cl)cc2)N2C(=O)[C@@H]3C[C@@H](Br)[C@@H](Br)C[C@H]3C2=O)c1. The minimum absolute atomic E-state index is 0.0179. The molecule has 1 saturated heterocycles. The molecule has 34 heavy (non-hydrogen) atoms. The van der Waals surface area contributed by atoms with Crippen molar-refractivity contribution in [1.29, 1.82) is 0 Å². The fraction of sp³-hybridized carbons (Fsp3) is 0.333. The summed E-state index contributed by atoms with van der Waals surface area (Å²) in [6.07, 6.45) is 0.906. The summed E-state index contributed by atoms with van der Waals surface area (Å²) in [6, 6.07) is 12.6. The van der Waals surface area contributed by atoms with E-state index in [4.69, 9.17) is 16.3 Å². The number of hydrogen-bond donors (Lipinski definition) is 0. The molecule has 3 amide bonds. The summed E-state index contributed by atoms with van der Waals surface area (Å²) in [6.45, 7) is -0.485. The number of fused-ring (bicyclic) bond motifs is 1. The molecule has 0 radical (unpaired) electrons. The molecule has 1 heterocycles. The van der Waals surface area contributed by atoms with Gasteiger partial charge < -0.3 is 4.74 Å². The second kappa shape index (κ2) is 10.2. The first-order valence-corrected chi connectivity index (χ1v) is 12.8. The van der Waals surface area contributed by atoms with Gasteiger partial charge in [0.25, 0.3) is 17.7 Å². The summed E-state index contributed by atoms with van der Waals surface area (Å²) in [5.41, 5.74) is 0.501. The number of nitrogens with zero attached hydrogens (tertiary/aromatic N) is 2. The van der Waals surface area contributed by atoms with Gasteiger partial charge in [0.2, 0.25) is 0 Å². The molecule has 0 unspecified atom stereocenters. The van der Waals surface area contributed by atoms with Gasteiger partial charge >= 0.3 is 0 Å². The zero-order valence-corrected chi connectivity index (χ0v) is 22.0. The first-order chi connectivity index (χ1) is 16.2. The van der Waals surface area contributed by atoms with Crippen molar-refractivity contribution in [2.75, 3.05) is 13.7 Å². The van der Waals surface area contributed by atoms with Crippen molar-refractivity contribution in [3.8, 4) is 5.75 Å². The molecule has 0 aromatic heterocycles. The van der Waals surface area contributed by atoms with Gasteiger partial charge in [0.1, 0.15) is 12.3 Å². The Morgan fingerprint density at radius 3 is 2.15 bits per heavy atom. The number of carbonyl (C=O) groups excluding carboxylic acids is 4. The topological polar surface area (TPSA) is 84.0 Å². The molecule has 178 valence electrons. The molecule has 4 atom stereocenters. The molecule has 0 bridgehead atoms. The molecule has 2 aromatic carbocycles.